The van der Waals surface area contributed by atoms with E-state index >= 15 is 0 Å². The van der Waals surface area contributed by atoms with E-state index in [2.05, 4.69) is 23.3 Å². The van der Waals surface area contributed by atoms with Gasteiger partial charge in [-0.2, -0.15) is 5.10 Å². The van der Waals surface area contributed by atoms with Crippen LogP contribution in [-0.2, 0) is 0 Å². The van der Waals surface area contributed by atoms with Crippen LogP contribution in [0.2, 0.25) is 0 Å². The summed E-state index contributed by atoms with van der Waals surface area (Å²) in [7, 11) is 3.42. The third-order valence-corrected chi connectivity index (χ3v) is 5.54. The van der Waals surface area contributed by atoms with Crippen molar-refractivity contribution in [3.8, 4) is 24.0 Å². The molecule has 0 spiro atoms. The molecule has 2 atom stereocenters. The van der Waals surface area contributed by atoms with Gasteiger partial charge < -0.3 is 16.0 Å². The largest absolute Gasteiger partial charge is 0.377 e. The van der Waals surface area contributed by atoms with E-state index in [1.165, 1.54) is 11.1 Å². The Labute approximate surface area is 200 Å². The number of anilines is 1. The zero-order valence-electron chi connectivity index (χ0n) is 20.1. The number of benzene rings is 1. The van der Waals surface area contributed by atoms with Crippen molar-refractivity contribution in [3.63, 3.8) is 0 Å². The summed E-state index contributed by atoms with van der Waals surface area (Å²) in [6.45, 7) is 4.00. The lowest BCUT2D eigenvalue weighted by Crippen LogP contribution is -2.27. The van der Waals surface area contributed by atoms with Crippen molar-refractivity contribution < 1.29 is 14.0 Å². The highest BCUT2D eigenvalue weighted by Crippen LogP contribution is 2.32. The first-order valence-electron chi connectivity index (χ1n) is 11.2. The lowest BCUT2D eigenvalue weighted by atomic mass is 10.1. The molecule has 0 bridgehead atoms. The molecular formula is C26H32FN5O2. The lowest BCUT2D eigenvalue weighted by molar-refractivity contribution is 0.0827. The van der Waals surface area contributed by atoms with Gasteiger partial charge in [0.15, 0.2) is 0 Å². The number of amides is 2. The van der Waals surface area contributed by atoms with Crippen molar-refractivity contribution in [2.24, 2.45) is 5.73 Å². The number of carbonyl (C=O) groups is 2. The van der Waals surface area contributed by atoms with Crippen LogP contribution < -0.4 is 11.1 Å². The Hall–Kier alpha value is -3.86. The molecule has 3 N–H and O–H groups in total. The van der Waals surface area contributed by atoms with Crippen LogP contribution in [0.25, 0.3) is 16.6 Å². The normalized spacial score (nSPS) is 16.6. The minimum Gasteiger partial charge on any atom is -0.377 e. The molecule has 180 valence electrons. The van der Waals surface area contributed by atoms with Crippen LogP contribution in [0.1, 0.15) is 53.8 Å². The summed E-state index contributed by atoms with van der Waals surface area (Å²) in [6.07, 6.45) is 12.3. The van der Waals surface area contributed by atoms with E-state index < -0.39 is 12.1 Å². The number of aromatic nitrogens is 2. The Balaban J connectivity index is 0.000000970. The van der Waals surface area contributed by atoms with E-state index in [9.17, 15) is 14.0 Å². The van der Waals surface area contributed by atoms with Crippen LogP contribution in [0.3, 0.4) is 0 Å². The predicted molar refractivity (Wildman–Crippen MR) is 135 cm³/mol. The van der Waals surface area contributed by atoms with Crippen molar-refractivity contribution in [3.05, 3.63) is 53.9 Å². The molecule has 1 aliphatic rings. The molecule has 2 heterocycles. The fourth-order valence-electron chi connectivity index (χ4n) is 3.88. The molecule has 0 saturated heterocycles. The second-order valence-electron chi connectivity index (χ2n) is 7.83. The molecule has 0 radical (unpaired) electrons. The first-order chi connectivity index (χ1) is 16.3. The van der Waals surface area contributed by atoms with Crippen molar-refractivity contribution in [2.75, 3.05) is 19.4 Å². The number of halogens is 1. The van der Waals surface area contributed by atoms with E-state index in [1.54, 1.807) is 30.7 Å². The molecule has 1 saturated carbocycles. The van der Waals surface area contributed by atoms with Gasteiger partial charge in [-0.1, -0.05) is 26.0 Å². The summed E-state index contributed by atoms with van der Waals surface area (Å²) in [5.74, 6) is -0.685. The Kier molecular flexibility index (Phi) is 9.19. The van der Waals surface area contributed by atoms with Gasteiger partial charge in [0.2, 0.25) is 0 Å². The van der Waals surface area contributed by atoms with Gasteiger partial charge in [0.25, 0.3) is 11.8 Å². The summed E-state index contributed by atoms with van der Waals surface area (Å²) < 4.78 is 15.8. The molecule has 34 heavy (non-hydrogen) atoms. The van der Waals surface area contributed by atoms with Crippen molar-refractivity contribution in [1.29, 1.82) is 0 Å². The molecule has 1 aliphatic carbocycles. The van der Waals surface area contributed by atoms with Gasteiger partial charge in [0.05, 0.1) is 29.0 Å². The Morgan fingerprint density at radius 3 is 2.32 bits per heavy atom. The Morgan fingerprint density at radius 2 is 1.79 bits per heavy atom. The predicted octanol–water partition coefficient (Wildman–Crippen LogP) is 4.38. The molecule has 3 aromatic rings. The zero-order valence-corrected chi connectivity index (χ0v) is 20.1. The highest BCUT2D eigenvalue weighted by atomic mass is 19.1. The zero-order chi connectivity index (χ0) is 25.4. The van der Waals surface area contributed by atoms with E-state index in [0.717, 1.165) is 17.5 Å². The van der Waals surface area contributed by atoms with Crippen molar-refractivity contribution in [2.45, 2.75) is 45.3 Å². The number of nitrogens with two attached hydrogens (primary N) is 1. The number of carbonyl (C=O) groups excluding carboxylic acids is 2. The topological polar surface area (TPSA) is 92.7 Å². The molecule has 1 aromatic carbocycles. The minimum absolute atomic E-state index is 0.0693. The number of rotatable bonds is 5. The molecule has 7 nitrogen and oxygen atoms in total. The second kappa shape index (κ2) is 11.8. The first kappa shape index (κ1) is 26.4. The van der Waals surface area contributed by atoms with Crippen LogP contribution >= 0.6 is 0 Å². The number of fused-ring (bicyclic) bond motifs is 1. The summed E-state index contributed by atoms with van der Waals surface area (Å²) >= 11 is 0. The molecule has 0 aliphatic heterocycles. The average Bonchev–Trinajstić information content (AvgIpc) is 3.47. The third kappa shape index (κ3) is 5.54. The molecule has 2 aromatic heterocycles. The number of alkyl halides is 1. The van der Waals surface area contributed by atoms with Gasteiger partial charge >= 0.3 is 0 Å². The van der Waals surface area contributed by atoms with E-state index in [1.807, 2.05) is 38.2 Å². The summed E-state index contributed by atoms with van der Waals surface area (Å²) in [5.41, 5.74) is 9.28. The summed E-state index contributed by atoms with van der Waals surface area (Å²) in [5, 5.41) is 7.49. The maximum Gasteiger partial charge on any atom is 0.253 e. The number of nitrogens with zero attached hydrogens (tertiary/aromatic N) is 3. The maximum atomic E-state index is 14.2. The van der Waals surface area contributed by atoms with Crippen LogP contribution in [0.15, 0.2) is 42.7 Å². The van der Waals surface area contributed by atoms with Gasteiger partial charge in [-0.3, -0.25) is 9.59 Å². The monoisotopic (exact) mass is 465 g/mol. The summed E-state index contributed by atoms with van der Waals surface area (Å²) in [4.78, 5) is 25.6. The number of primary amides is 1. The molecule has 2 amide bonds. The fourth-order valence-corrected chi connectivity index (χ4v) is 3.88. The number of terminal acetylenes is 1. The van der Waals surface area contributed by atoms with Crippen LogP contribution in [-0.4, -0.2) is 52.6 Å². The van der Waals surface area contributed by atoms with E-state index in [0.29, 0.717) is 29.6 Å². The lowest BCUT2D eigenvalue weighted by Gasteiger charge is -2.19. The van der Waals surface area contributed by atoms with E-state index in [4.69, 9.17) is 5.73 Å². The Bertz CT molecular complexity index is 1150. The second-order valence-corrected chi connectivity index (χ2v) is 7.83. The maximum absolute atomic E-state index is 14.2. The first-order valence-corrected chi connectivity index (χ1v) is 11.2. The van der Waals surface area contributed by atoms with Gasteiger partial charge in [0.1, 0.15) is 6.17 Å². The molecular weight excluding hydrogens is 433 g/mol. The Morgan fingerprint density at radius 1 is 1.15 bits per heavy atom. The van der Waals surface area contributed by atoms with Gasteiger partial charge in [-0.25, -0.2) is 8.91 Å². The van der Waals surface area contributed by atoms with Crippen LogP contribution in [0.5, 0.6) is 0 Å². The number of hydrogen-bond donors (Lipinski definition) is 2. The van der Waals surface area contributed by atoms with Gasteiger partial charge in [0, 0.05) is 31.4 Å². The van der Waals surface area contributed by atoms with Crippen LogP contribution in [0, 0.1) is 12.8 Å². The summed E-state index contributed by atoms with van der Waals surface area (Å²) in [6, 6.07) is 8.79. The minimum atomic E-state index is -0.963. The third-order valence-electron chi connectivity index (χ3n) is 5.54. The smallest absolute Gasteiger partial charge is 0.253 e. The molecule has 0 unspecified atom stereocenters. The standard InChI is InChI=1S/C22H24FN5O2.C2H6.C2H2/c1-27(2)22(30)14-8-6-13(7-9-14)15-10-19-20(26-18-5-3-4-17(18)23)16(21(24)29)11-25-28(19)12-15;2*1-2/h6-12,17-18,26H,3-5H2,1-2H3,(H2,24,29);1-2H3;1-2H/t17-,18+;;/m0../s1. The van der Waals surface area contributed by atoms with Crippen molar-refractivity contribution in [1.82, 2.24) is 14.5 Å². The highest BCUT2D eigenvalue weighted by Gasteiger charge is 2.29. The number of hydrogen-bond acceptors (Lipinski definition) is 4. The number of nitrogens with one attached hydrogen (secondary N) is 1. The fraction of sp³-hybridized carbons (Fsp3) is 0.346. The van der Waals surface area contributed by atoms with Gasteiger partial charge in [-0.15, -0.1) is 12.8 Å². The molecule has 8 heteroatoms. The highest BCUT2D eigenvalue weighted by molar-refractivity contribution is 6.02. The SMILES string of the molecule is C#C.CC.CN(C)C(=O)c1ccc(-c2cc3c(N[C@@H]4CCC[C@@H]4F)c(C(N)=O)cnn3c2)cc1. The quantitative estimate of drug-likeness (QED) is 0.547. The average molecular weight is 466 g/mol. The van der Waals surface area contributed by atoms with Crippen LogP contribution in [0.4, 0.5) is 10.1 Å². The molecule has 4 rings (SSSR count). The molecule has 1 fully saturated rings. The van der Waals surface area contributed by atoms with E-state index in [-0.39, 0.29) is 17.5 Å². The van der Waals surface area contributed by atoms with Gasteiger partial charge in [-0.05, 0) is 43.0 Å². The van der Waals surface area contributed by atoms with Crippen molar-refractivity contribution >= 4 is 23.0 Å².